The van der Waals surface area contributed by atoms with Crippen LogP contribution >= 0.6 is 0 Å². The molecule has 9 nitrogen and oxygen atoms in total. The van der Waals surface area contributed by atoms with Crippen molar-refractivity contribution in [1.82, 2.24) is 9.97 Å². The maximum Gasteiger partial charge on any atom is 0.278 e. The number of nitro benzene ring substituents is 1. The maximum atomic E-state index is 11.6. The Morgan fingerprint density at radius 2 is 1.95 bits per heavy atom. The Morgan fingerprint density at radius 3 is 2.50 bits per heavy atom. The first kappa shape index (κ1) is 15.3. The minimum absolute atomic E-state index is 0.0111. The van der Waals surface area contributed by atoms with Gasteiger partial charge < -0.3 is 5.73 Å². The number of aromatic nitrogens is 2. The smallest absolute Gasteiger partial charge is 0.278 e. The van der Waals surface area contributed by atoms with Crippen LogP contribution in [0.1, 0.15) is 5.56 Å². The van der Waals surface area contributed by atoms with Gasteiger partial charge in [0, 0.05) is 12.3 Å². The molecular formula is C12H9N5O4S. The molecule has 112 valence electrons. The molecule has 10 heteroatoms. The summed E-state index contributed by atoms with van der Waals surface area (Å²) in [4.78, 5) is 17.8. The lowest BCUT2D eigenvalue weighted by atomic mass is 10.1. The van der Waals surface area contributed by atoms with Crippen LogP contribution in [-0.2, 0) is 9.84 Å². The number of hydrogen-bond acceptors (Lipinski definition) is 8. The normalized spacial score (nSPS) is 10.9. The van der Waals surface area contributed by atoms with Crippen LogP contribution in [0.5, 0.6) is 0 Å². The average Bonchev–Trinajstić information content (AvgIpc) is 2.45. The number of rotatable bonds is 3. The molecule has 0 aliphatic rings. The van der Waals surface area contributed by atoms with Gasteiger partial charge in [-0.25, -0.2) is 13.4 Å². The largest absolute Gasteiger partial charge is 0.382 e. The SMILES string of the molecule is CS(=O)(=O)c1nc(N)c(C#N)c(-c2ccccc2[N+](=O)[O-])n1. The Hall–Kier alpha value is -3.06. The van der Waals surface area contributed by atoms with Gasteiger partial charge in [-0.1, -0.05) is 12.1 Å². The summed E-state index contributed by atoms with van der Waals surface area (Å²) in [6.45, 7) is 0. The molecule has 0 aliphatic heterocycles. The number of sulfone groups is 1. The molecule has 2 rings (SSSR count). The van der Waals surface area contributed by atoms with Crippen molar-refractivity contribution in [2.45, 2.75) is 5.16 Å². The van der Waals surface area contributed by atoms with Gasteiger partial charge in [-0.05, 0) is 6.07 Å². The van der Waals surface area contributed by atoms with E-state index in [0.29, 0.717) is 0 Å². The molecule has 0 saturated carbocycles. The van der Waals surface area contributed by atoms with E-state index in [1.807, 2.05) is 0 Å². The molecule has 2 aromatic rings. The zero-order valence-electron chi connectivity index (χ0n) is 11.2. The Balaban J connectivity index is 2.89. The summed E-state index contributed by atoms with van der Waals surface area (Å²) in [6.07, 6.45) is 0.872. The van der Waals surface area contributed by atoms with Crippen molar-refractivity contribution in [1.29, 1.82) is 5.26 Å². The van der Waals surface area contributed by atoms with E-state index in [1.165, 1.54) is 24.3 Å². The van der Waals surface area contributed by atoms with E-state index in [0.717, 1.165) is 6.26 Å². The molecule has 1 aromatic carbocycles. The minimum atomic E-state index is -3.80. The topological polar surface area (TPSA) is 153 Å². The van der Waals surface area contributed by atoms with E-state index >= 15 is 0 Å². The number of nitro groups is 1. The van der Waals surface area contributed by atoms with Crippen LogP contribution < -0.4 is 5.73 Å². The van der Waals surface area contributed by atoms with Gasteiger partial charge >= 0.3 is 0 Å². The first-order valence-corrected chi connectivity index (χ1v) is 7.66. The Labute approximate surface area is 125 Å². The van der Waals surface area contributed by atoms with Crippen molar-refractivity contribution in [2.24, 2.45) is 0 Å². The van der Waals surface area contributed by atoms with Crippen molar-refractivity contribution in [2.75, 3.05) is 12.0 Å². The number of nitrogens with zero attached hydrogens (tertiary/aromatic N) is 4. The quantitative estimate of drug-likeness (QED) is 0.497. The van der Waals surface area contributed by atoms with E-state index in [-0.39, 0.29) is 28.3 Å². The molecule has 0 amide bonds. The van der Waals surface area contributed by atoms with Crippen LogP contribution in [-0.4, -0.2) is 29.6 Å². The number of benzene rings is 1. The second-order valence-electron chi connectivity index (χ2n) is 4.27. The van der Waals surface area contributed by atoms with Gasteiger partial charge in [0.1, 0.15) is 23.1 Å². The van der Waals surface area contributed by atoms with E-state index in [9.17, 15) is 18.5 Å². The van der Waals surface area contributed by atoms with Gasteiger partial charge in [-0.2, -0.15) is 10.2 Å². The molecular weight excluding hydrogens is 310 g/mol. The standard InChI is InChI=1S/C12H9N5O4S/c1-22(20,21)12-15-10(8(6-13)11(14)16-12)7-4-2-3-5-9(7)17(18)19/h2-5H,1H3,(H2,14,15,16). The zero-order valence-corrected chi connectivity index (χ0v) is 12.0. The van der Waals surface area contributed by atoms with Crippen molar-refractivity contribution < 1.29 is 13.3 Å². The van der Waals surface area contributed by atoms with Crippen molar-refractivity contribution in [3.8, 4) is 17.3 Å². The van der Waals surface area contributed by atoms with E-state index in [1.54, 1.807) is 6.07 Å². The molecule has 1 heterocycles. The Morgan fingerprint density at radius 1 is 1.32 bits per heavy atom. The zero-order chi connectivity index (χ0) is 16.5. The minimum Gasteiger partial charge on any atom is -0.382 e. The summed E-state index contributed by atoms with van der Waals surface area (Å²) in [6, 6.07) is 7.25. The lowest BCUT2D eigenvalue weighted by Crippen LogP contribution is -2.10. The summed E-state index contributed by atoms with van der Waals surface area (Å²) in [5.74, 6) is -0.355. The van der Waals surface area contributed by atoms with Gasteiger partial charge in [0.2, 0.25) is 15.0 Å². The first-order valence-electron chi connectivity index (χ1n) is 5.77. The fourth-order valence-electron chi connectivity index (χ4n) is 1.76. The average molecular weight is 319 g/mol. The predicted octanol–water partition coefficient (Wildman–Crippen LogP) is 0.909. The van der Waals surface area contributed by atoms with Gasteiger partial charge in [0.15, 0.2) is 0 Å². The molecule has 0 aliphatic carbocycles. The molecule has 2 N–H and O–H groups in total. The predicted molar refractivity (Wildman–Crippen MR) is 76.4 cm³/mol. The summed E-state index contributed by atoms with van der Waals surface area (Å²) >= 11 is 0. The van der Waals surface area contributed by atoms with Crippen LogP contribution in [0.3, 0.4) is 0 Å². The van der Waals surface area contributed by atoms with E-state index in [4.69, 9.17) is 11.0 Å². The monoisotopic (exact) mass is 319 g/mol. The Bertz CT molecular complexity index is 918. The number of nitrogens with two attached hydrogens (primary N) is 1. The molecule has 0 fully saturated rings. The second-order valence-corrected chi connectivity index (χ2v) is 6.18. The third-order valence-corrected chi connectivity index (χ3v) is 3.56. The fourth-order valence-corrected chi connectivity index (χ4v) is 2.28. The second kappa shape index (κ2) is 5.38. The number of nitriles is 1. The molecule has 0 atom stereocenters. The lowest BCUT2D eigenvalue weighted by Gasteiger charge is -2.08. The van der Waals surface area contributed by atoms with Gasteiger partial charge in [-0.3, -0.25) is 10.1 Å². The van der Waals surface area contributed by atoms with Crippen molar-refractivity contribution in [3.05, 3.63) is 39.9 Å². The highest BCUT2D eigenvalue weighted by Gasteiger charge is 2.24. The fraction of sp³-hybridized carbons (Fsp3) is 0.0833. The molecule has 0 spiro atoms. The summed E-state index contributed by atoms with van der Waals surface area (Å²) < 4.78 is 23.2. The molecule has 0 saturated heterocycles. The Kier molecular flexibility index (Phi) is 3.75. The lowest BCUT2D eigenvalue weighted by molar-refractivity contribution is -0.384. The highest BCUT2D eigenvalue weighted by Crippen LogP contribution is 2.32. The van der Waals surface area contributed by atoms with Crippen LogP contribution in [0.4, 0.5) is 11.5 Å². The van der Waals surface area contributed by atoms with Crippen molar-refractivity contribution >= 4 is 21.3 Å². The van der Waals surface area contributed by atoms with Crippen molar-refractivity contribution in [3.63, 3.8) is 0 Å². The van der Waals surface area contributed by atoms with Crippen LogP contribution in [0.25, 0.3) is 11.3 Å². The molecule has 22 heavy (non-hydrogen) atoms. The first-order chi connectivity index (χ1) is 10.3. The number of anilines is 1. The molecule has 1 aromatic heterocycles. The third kappa shape index (κ3) is 2.70. The summed E-state index contributed by atoms with van der Waals surface area (Å²) in [5.41, 5.74) is 4.84. The van der Waals surface area contributed by atoms with Gasteiger partial charge in [0.05, 0.1) is 10.5 Å². The molecule has 0 bridgehead atoms. The molecule has 0 unspecified atom stereocenters. The van der Waals surface area contributed by atoms with Crippen LogP contribution in [0.2, 0.25) is 0 Å². The number of nitrogen functional groups attached to an aromatic ring is 1. The third-order valence-electron chi connectivity index (χ3n) is 2.72. The van der Waals surface area contributed by atoms with Gasteiger partial charge in [-0.15, -0.1) is 0 Å². The number of para-hydroxylation sites is 1. The van der Waals surface area contributed by atoms with E-state index < -0.39 is 19.9 Å². The van der Waals surface area contributed by atoms with Gasteiger partial charge in [0.25, 0.3) is 5.69 Å². The highest BCUT2D eigenvalue weighted by molar-refractivity contribution is 7.90. The number of hydrogen-bond donors (Lipinski definition) is 1. The molecule has 0 radical (unpaired) electrons. The van der Waals surface area contributed by atoms with Crippen LogP contribution in [0, 0.1) is 21.4 Å². The maximum absolute atomic E-state index is 11.6. The summed E-state index contributed by atoms with van der Waals surface area (Å²) in [5, 5.41) is 19.6. The van der Waals surface area contributed by atoms with Crippen LogP contribution in [0.15, 0.2) is 29.4 Å². The van der Waals surface area contributed by atoms with E-state index in [2.05, 4.69) is 9.97 Å². The highest BCUT2D eigenvalue weighted by atomic mass is 32.2. The summed E-state index contributed by atoms with van der Waals surface area (Å²) in [7, 11) is -3.80.